The fraction of sp³-hybridized carbons (Fsp3) is 0.238. The van der Waals surface area contributed by atoms with E-state index in [1.54, 1.807) is 31.2 Å². The maximum Gasteiger partial charge on any atom is 0.433 e. The van der Waals surface area contributed by atoms with Crippen molar-refractivity contribution in [1.29, 1.82) is 0 Å². The molecule has 0 radical (unpaired) electrons. The van der Waals surface area contributed by atoms with Crippen LogP contribution >= 0.6 is 0 Å². The molecule has 7 nitrogen and oxygen atoms in total. The highest BCUT2D eigenvalue weighted by Gasteiger charge is 2.32. The van der Waals surface area contributed by atoms with Crippen LogP contribution in [0, 0.1) is 6.92 Å². The lowest BCUT2D eigenvalue weighted by atomic mass is 10.0. The van der Waals surface area contributed by atoms with Crippen LogP contribution in [0.5, 0.6) is 0 Å². The molecule has 0 fully saturated rings. The summed E-state index contributed by atoms with van der Waals surface area (Å²) in [6, 6.07) is 9.03. The number of hydrogen-bond donors (Lipinski definition) is 3. The number of alkyl halides is 3. The van der Waals surface area contributed by atoms with Crippen molar-refractivity contribution in [2.45, 2.75) is 26.1 Å². The molecular weight excluding hydrogens is 411 g/mol. The topological polar surface area (TPSA) is 100 Å². The fourth-order valence-electron chi connectivity index (χ4n) is 2.77. The molecule has 0 saturated heterocycles. The van der Waals surface area contributed by atoms with Gasteiger partial charge in [0.1, 0.15) is 11.4 Å². The van der Waals surface area contributed by atoms with E-state index in [-0.39, 0.29) is 18.2 Å². The van der Waals surface area contributed by atoms with Gasteiger partial charge in [-0.2, -0.15) is 13.2 Å². The van der Waals surface area contributed by atoms with E-state index < -0.39 is 23.8 Å². The van der Waals surface area contributed by atoms with Crippen molar-refractivity contribution in [2.24, 2.45) is 0 Å². The highest BCUT2D eigenvalue weighted by molar-refractivity contribution is 5.92. The zero-order chi connectivity index (χ0) is 22.6. The minimum absolute atomic E-state index is 0.172. The van der Waals surface area contributed by atoms with E-state index in [4.69, 9.17) is 5.11 Å². The Morgan fingerprint density at radius 2 is 1.90 bits per heavy atom. The molecule has 0 spiro atoms. The van der Waals surface area contributed by atoms with Crippen molar-refractivity contribution >= 4 is 17.5 Å². The monoisotopic (exact) mass is 431 g/mol. The standard InChI is InChI=1S/C21H20F3N5O2/c1-12-7-15(14-3-4-17(26-10-14)19(31)27-13(2)11-30)9-16(8-12)28-20-25-6-5-18(29-20)21(22,23)24/h3-10,13,30H,11H2,1-2H3,(H,27,31)(H,25,28,29). The zero-order valence-electron chi connectivity index (χ0n) is 16.7. The van der Waals surface area contributed by atoms with Crippen LogP contribution in [-0.4, -0.2) is 38.6 Å². The molecule has 162 valence electrons. The molecule has 1 atom stereocenters. The van der Waals surface area contributed by atoms with E-state index in [0.717, 1.165) is 23.4 Å². The number of halogens is 3. The van der Waals surface area contributed by atoms with Gasteiger partial charge in [0.15, 0.2) is 0 Å². The number of aliphatic hydroxyl groups excluding tert-OH is 1. The van der Waals surface area contributed by atoms with Gasteiger partial charge in [0.2, 0.25) is 5.95 Å². The summed E-state index contributed by atoms with van der Waals surface area (Å²) in [5.41, 5.74) is 1.98. The minimum atomic E-state index is -4.56. The van der Waals surface area contributed by atoms with Crippen LogP contribution in [0.1, 0.15) is 28.7 Å². The number of hydrogen-bond acceptors (Lipinski definition) is 6. The number of carbonyl (C=O) groups excluding carboxylic acids is 1. The molecule has 10 heteroatoms. The highest BCUT2D eigenvalue weighted by Crippen LogP contribution is 2.29. The Balaban J connectivity index is 1.82. The third-order valence-electron chi connectivity index (χ3n) is 4.26. The number of rotatable bonds is 6. The third kappa shape index (κ3) is 5.76. The molecule has 0 aliphatic heterocycles. The largest absolute Gasteiger partial charge is 0.433 e. The van der Waals surface area contributed by atoms with Gasteiger partial charge in [0.25, 0.3) is 5.91 Å². The van der Waals surface area contributed by atoms with E-state index in [2.05, 4.69) is 25.6 Å². The van der Waals surface area contributed by atoms with Gasteiger partial charge in [0.05, 0.1) is 6.61 Å². The van der Waals surface area contributed by atoms with Crippen LogP contribution < -0.4 is 10.6 Å². The van der Waals surface area contributed by atoms with E-state index >= 15 is 0 Å². The van der Waals surface area contributed by atoms with Gasteiger partial charge in [-0.1, -0.05) is 12.1 Å². The molecule has 2 heterocycles. The molecular formula is C21H20F3N5O2. The summed E-state index contributed by atoms with van der Waals surface area (Å²) in [6.07, 6.45) is -2.00. The van der Waals surface area contributed by atoms with Gasteiger partial charge in [0, 0.05) is 29.7 Å². The van der Waals surface area contributed by atoms with Crippen molar-refractivity contribution in [1.82, 2.24) is 20.3 Å². The summed E-state index contributed by atoms with van der Waals surface area (Å²) >= 11 is 0. The molecule has 0 bridgehead atoms. The van der Waals surface area contributed by atoms with Crippen molar-refractivity contribution in [3.05, 3.63) is 65.7 Å². The van der Waals surface area contributed by atoms with Gasteiger partial charge in [-0.3, -0.25) is 9.78 Å². The molecule has 0 saturated carbocycles. The summed E-state index contributed by atoms with van der Waals surface area (Å²) in [4.78, 5) is 23.6. The third-order valence-corrected chi connectivity index (χ3v) is 4.26. The fourth-order valence-corrected chi connectivity index (χ4v) is 2.77. The molecule has 31 heavy (non-hydrogen) atoms. The number of aliphatic hydroxyl groups is 1. The first-order valence-electron chi connectivity index (χ1n) is 9.33. The van der Waals surface area contributed by atoms with Crippen molar-refractivity contribution < 1.29 is 23.1 Å². The quantitative estimate of drug-likeness (QED) is 0.550. The Labute approximate surface area is 176 Å². The van der Waals surface area contributed by atoms with Gasteiger partial charge in [-0.15, -0.1) is 0 Å². The molecule has 1 amide bonds. The first kappa shape index (κ1) is 22.2. The van der Waals surface area contributed by atoms with Crippen LogP contribution in [0.25, 0.3) is 11.1 Å². The maximum atomic E-state index is 12.9. The zero-order valence-corrected chi connectivity index (χ0v) is 16.7. The minimum Gasteiger partial charge on any atom is -0.394 e. The Kier molecular flexibility index (Phi) is 6.50. The van der Waals surface area contributed by atoms with E-state index in [1.807, 2.05) is 13.0 Å². The molecule has 0 aliphatic carbocycles. The number of carbonyl (C=O) groups is 1. The Bertz CT molecular complexity index is 1070. The first-order valence-corrected chi connectivity index (χ1v) is 9.33. The lowest BCUT2D eigenvalue weighted by molar-refractivity contribution is -0.141. The van der Waals surface area contributed by atoms with Crippen molar-refractivity contribution in [3.8, 4) is 11.1 Å². The van der Waals surface area contributed by atoms with Crippen LogP contribution in [0.4, 0.5) is 24.8 Å². The second kappa shape index (κ2) is 9.09. The first-order chi connectivity index (χ1) is 14.7. The van der Waals surface area contributed by atoms with Crippen LogP contribution in [0.3, 0.4) is 0 Å². The van der Waals surface area contributed by atoms with E-state index in [9.17, 15) is 18.0 Å². The molecule has 3 aromatic rings. The Morgan fingerprint density at radius 3 is 2.55 bits per heavy atom. The number of nitrogens with zero attached hydrogens (tertiary/aromatic N) is 3. The number of amides is 1. The van der Waals surface area contributed by atoms with Crippen molar-refractivity contribution in [3.63, 3.8) is 0 Å². The lowest BCUT2D eigenvalue weighted by Gasteiger charge is -2.12. The number of aromatic nitrogens is 3. The van der Waals surface area contributed by atoms with Gasteiger partial charge in [-0.25, -0.2) is 9.97 Å². The summed E-state index contributed by atoms with van der Waals surface area (Å²) in [5.74, 6) is -0.573. The smallest absolute Gasteiger partial charge is 0.394 e. The summed E-state index contributed by atoms with van der Waals surface area (Å²) in [5, 5.41) is 14.4. The second-order valence-corrected chi connectivity index (χ2v) is 6.97. The number of anilines is 2. The van der Waals surface area contributed by atoms with Gasteiger partial charge in [-0.05, 0) is 49.2 Å². The van der Waals surface area contributed by atoms with E-state index in [1.165, 1.54) is 6.20 Å². The molecule has 1 unspecified atom stereocenters. The molecule has 3 N–H and O–H groups in total. The van der Waals surface area contributed by atoms with Crippen LogP contribution in [-0.2, 0) is 6.18 Å². The number of benzene rings is 1. The highest BCUT2D eigenvalue weighted by atomic mass is 19.4. The van der Waals surface area contributed by atoms with E-state index in [0.29, 0.717) is 11.3 Å². The number of nitrogens with one attached hydrogen (secondary N) is 2. The summed E-state index contributed by atoms with van der Waals surface area (Å²) in [6.45, 7) is 3.33. The summed E-state index contributed by atoms with van der Waals surface area (Å²) in [7, 11) is 0. The molecule has 3 rings (SSSR count). The molecule has 2 aromatic heterocycles. The molecule has 1 aromatic carbocycles. The van der Waals surface area contributed by atoms with Crippen LogP contribution in [0.2, 0.25) is 0 Å². The lowest BCUT2D eigenvalue weighted by Crippen LogP contribution is -2.35. The normalized spacial score (nSPS) is 12.3. The maximum absolute atomic E-state index is 12.9. The average molecular weight is 431 g/mol. The van der Waals surface area contributed by atoms with Crippen LogP contribution in [0.15, 0.2) is 48.8 Å². The summed E-state index contributed by atoms with van der Waals surface area (Å²) < 4.78 is 38.6. The Hall–Kier alpha value is -3.53. The second-order valence-electron chi connectivity index (χ2n) is 6.97. The SMILES string of the molecule is Cc1cc(Nc2nccc(C(F)(F)F)n2)cc(-c2ccc(C(=O)NC(C)CO)nc2)c1. The van der Waals surface area contributed by atoms with Gasteiger partial charge < -0.3 is 15.7 Å². The number of pyridine rings is 1. The molecule has 0 aliphatic rings. The predicted octanol–water partition coefficient (Wildman–Crippen LogP) is 3.72. The number of aryl methyl sites for hydroxylation is 1. The average Bonchev–Trinajstić information content (AvgIpc) is 2.73. The predicted molar refractivity (Wildman–Crippen MR) is 109 cm³/mol. The van der Waals surface area contributed by atoms with Gasteiger partial charge >= 0.3 is 6.18 Å². The van der Waals surface area contributed by atoms with Crippen molar-refractivity contribution in [2.75, 3.05) is 11.9 Å². The Morgan fingerprint density at radius 1 is 1.13 bits per heavy atom.